The second-order valence-corrected chi connectivity index (χ2v) is 5.12. The molecule has 0 radical (unpaired) electrons. The number of hydrogen-bond acceptors (Lipinski definition) is 4. The normalized spacial score (nSPS) is 10.9. The summed E-state index contributed by atoms with van der Waals surface area (Å²) in [6.07, 6.45) is 1.83. The maximum absolute atomic E-state index is 4.59. The monoisotopic (exact) mass is 284 g/mol. The summed E-state index contributed by atoms with van der Waals surface area (Å²) in [6, 6.07) is 10.3. The van der Waals surface area contributed by atoms with Gasteiger partial charge in [0.2, 0.25) is 0 Å². The number of anilines is 1. The lowest BCUT2D eigenvalue weighted by atomic mass is 10.2. The average Bonchev–Trinajstić information content (AvgIpc) is 2.49. The van der Waals surface area contributed by atoms with E-state index in [0.717, 1.165) is 43.4 Å². The first kappa shape index (κ1) is 15.4. The van der Waals surface area contributed by atoms with Gasteiger partial charge in [0, 0.05) is 37.1 Å². The number of aryl methyl sites for hydroxylation is 1. The van der Waals surface area contributed by atoms with Gasteiger partial charge in [-0.2, -0.15) is 0 Å². The van der Waals surface area contributed by atoms with Crippen LogP contribution < -0.4 is 5.32 Å². The van der Waals surface area contributed by atoms with Crippen LogP contribution in [-0.2, 0) is 13.1 Å². The molecule has 0 saturated carbocycles. The molecule has 0 bridgehead atoms. The first-order valence-electron chi connectivity index (χ1n) is 7.55. The van der Waals surface area contributed by atoms with E-state index in [1.54, 1.807) is 0 Å². The lowest BCUT2D eigenvalue weighted by molar-refractivity contribution is 0.268. The molecule has 112 valence electrons. The first-order valence-corrected chi connectivity index (χ1v) is 7.55. The van der Waals surface area contributed by atoms with Gasteiger partial charge < -0.3 is 5.32 Å². The van der Waals surface area contributed by atoms with E-state index in [0.29, 0.717) is 0 Å². The third kappa shape index (κ3) is 4.53. The fourth-order valence-corrected chi connectivity index (χ4v) is 2.33. The number of hydrogen-bond donors (Lipinski definition) is 1. The zero-order valence-electron chi connectivity index (χ0n) is 13.1. The average molecular weight is 284 g/mol. The minimum absolute atomic E-state index is 0.860. The molecule has 0 aliphatic heterocycles. The van der Waals surface area contributed by atoms with Crippen molar-refractivity contribution in [3.8, 4) is 0 Å². The Bertz CT molecular complexity index is 568. The van der Waals surface area contributed by atoms with Gasteiger partial charge in [-0.15, -0.1) is 0 Å². The molecular formula is C17H24N4. The Kier molecular flexibility index (Phi) is 5.69. The van der Waals surface area contributed by atoms with Crippen molar-refractivity contribution in [2.75, 3.05) is 18.4 Å². The van der Waals surface area contributed by atoms with Gasteiger partial charge in [0.15, 0.2) is 0 Å². The van der Waals surface area contributed by atoms with E-state index in [-0.39, 0.29) is 0 Å². The van der Waals surface area contributed by atoms with Crippen molar-refractivity contribution in [2.45, 2.75) is 33.9 Å². The van der Waals surface area contributed by atoms with Crippen LogP contribution in [-0.4, -0.2) is 28.0 Å². The highest BCUT2D eigenvalue weighted by Gasteiger charge is 2.09. The number of aromatic nitrogens is 2. The topological polar surface area (TPSA) is 41.1 Å². The Hall–Kier alpha value is -1.94. The second kappa shape index (κ2) is 7.74. The van der Waals surface area contributed by atoms with Crippen LogP contribution in [0.25, 0.3) is 0 Å². The number of rotatable bonds is 7. The molecule has 21 heavy (non-hydrogen) atoms. The van der Waals surface area contributed by atoms with E-state index < -0.39 is 0 Å². The van der Waals surface area contributed by atoms with Crippen molar-refractivity contribution in [3.63, 3.8) is 0 Å². The van der Waals surface area contributed by atoms with Crippen molar-refractivity contribution in [3.05, 3.63) is 53.5 Å². The van der Waals surface area contributed by atoms with E-state index >= 15 is 0 Å². The molecule has 4 nitrogen and oxygen atoms in total. The van der Waals surface area contributed by atoms with Gasteiger partial charge in [0.05, 0.1) is 5.69 Å². The summed E-state index contributed by atoms with van der Waals surface area (Å²) in [6.45, 7) is 9.91. The van der Waals surface area contributed by atoms with Crippen LogP contribution in [0.2, 0.25) is 0 Å². The molecule has 0 saturated heterocycles. The minimum Gasteiger partial charge on any atom is -0.370 e. The molecule has 2 rings (SSSR count). The summed E-state index contributed by atoms with van der Waals surface area (Å²) in [7, 11) is 0. The maximum atomic E-state index is 4.59. The fourth-order valence-electron chi connectivity index (χ4n) is 2.33. The molecule has 1 N–H and O–H groups in total. The second-order valence-electron chi connectivity index (χ2n) is 5.12. The van der Waals surface area contributed by atoms with Gasteiger partial charge in [0.1, 0.15) is 5.82 Å². The molecule has 2 aromatic heterocycles. The Morgan fingerprint density at radius 3 is 2.67 bits per heavy atom. The Morgan fingerprint density at radius 1 is 1.10 bits per heavy atom. The Balaban J connectivity index is 2.09. The molecule has 0 aliphatic carbocycles. The summed E-state index contributed by atoms with van der Waals surface area (Å²) in [4.78, 5) is 11.4. The van der Waals surface area contributed by atoms with Gasteiger partial charge in [-0.3, -0.25) is 9.88 Å². The molecule has 0 atom stereocenters. The highest BCUT2D eigenvalue weighted by molar-refractivity contribution is 5.43. The third-order valence-electron chi connectivity index (χ3n) is 3.41. The smallest absolute Gasteiger partial charge is 0.130 e. The van der Waals surface area contributed by atoms with Crippen LogP contribution in [0.15, 0.2) is 36.5 Å². The van der Waals surface area contributed by atoms with Crippen molar-refractivity contribution in [1.29, 1.82) is 0 Å². The highest BCUT2D eigenvalue weighted by atomic mass is 15.1. The van der Waals surface area contributed by atoms with E-state index in [1.165, 1.54) is 5.56 Å². The molecule has 2 heterocycles. The van der Waals surface area contributed by atoms with E-state index in [1.807, 2.05) is 25.3 Å². The molecule has 0 unspecified atom stereocenters. The van der Waals surface area contributed by atoms with Crippen molar-refractivity contribution in [1.82, 2.24) is 14.9 Å². The molecule has 0 aromatic carbocycles. The van der Waals surface area contributed by atoms with Gasteiger partial charge in [-0.05, 0) is 38.6 Å². The Labute approximate surface area is 127 Å². The lowest BCUT2D eigenvalue weighted by Crippen LogP contribution is -2.23. The zero-order valence-corrected chi connectivity index (χ0v) is 13.1. The summed E-state index contributed by atoms with van der Waals surface area (Å²) < 4.78 is 0. The van der Waals surface area contributed by atoms with Crippen LogP contribution in [0.3, 0.4) is 0 Å². The summed E-state index contributed by atoms with van der Waals surface area (Å²) in [5.74, 6) is 0.982. The third-order valence-corrected chi connectivity index (χ3v) is 3.41. The SMILES string of the molecule is CCNc1ncccc1CN(CC)Cc1cccc(C)n1. The van der Waals surface area contributed by atoms with Crippen LogP contribution in [0.5, 0.6) is 0 Å². The Morgan fingerprint density at radius 2 is 1.95 bits per heavy atom. The summed E-state index contributed by atoms with van der Waals surface area (Å²) in [5.41, 5.74) is 3.41. The predicted octanol–water partition coefficient (Wildman–Crippen LogP) is 3.24. The zero-order chi connectivity index (χ0) is 15.1. The first-order chi connectivity index (χ1) is 10.2. The lowest BCUT2D eigenvalue weighted by Gasteiger charge is -2.21. The summed E-state index contributed by atoms with van der Waals surface area (Å²) in [5, 5.41) is 3.33. The van der Waals surface area contributed by atoms with Crippen LogP contribution in [0, 0.1) is 6.92 Å². The quantitative estimate of drug-likeness (QED) is 0.847. The van der Waals surface area contributed by atoms with Crippen LogP contribution >= 0.6 is 0 Å². The minimum atomic E-state index is 0.860. The van der Waals surface area contributed by atoms with Gasteiger partial charge in [-0.1, -0.05) is 19.1 Å². The number of nitrogens with zero attached hydrogens (tertiary/aromatic N) is 3. The molecule has 0 amide bonds. The van der Waals surface area contributed by atoms with Crippen LogP contribution in [0.1, 0.15) is 30.8 Å². The molecule has 2 aromatic rings. The van der Waals surface area contributed by atoms with Gasteiger partial charge in [-0.25, -0.2) is 4.98 Å². The fraction of sp³-hybridized carbons (Fsp3) is 0.412. The standard InChI is InChI=1S/C17H24N4/c1-4-18-17-15(9-7-11-19-17)12-21(5-2)13-16-10-6-8-14(3)20-16/h6-11H,4-5,12-13H2,1-3H3,(H,18,19). The number of nitrogens with one attached hydrogen (secondary N) is 1. The van der Waals surface area contributed by atoms with Crippen molar-refractivity contribution >= 4 is 5.82 Å². The summed E-state index contributed by atoms with van der Waals surface area (Å²) >= 11 is 0. The molecule has 0 aliphatic rings. The van der Waals surface area contributed by atoms with Gasteiger partial charge >= 0.3 is 0 Å². The molecule has 0 spiro atoms. The molecule has 0 fully saturated rings. The largest absolute Gasteiger partial charge is 0.370 e. The van der Waals surface area contributed by atoms with E-state index in [4.69, 9.17) is 0 Å². The van der Waals surface area contributed by atoms with Crippen LogP contribution in [0.4, 0.5) is 5.82 Å². The number of pyridine rings is 2. The highest BCUT2D eigenvalue weighted by Crippen LogP contribution is 2.15. The van der Waals surface area contributed by atoms with Crippen molar-refractivity contribution < 1.29 is 0 Å². The van der Waals surface area contributed by atoms with E-state index in [9.17, 15) is 0 Å². The van der Waals surface area contributed by atoms with E-state index in [2.05, 4.69) is 52.2 Å². The molecule has 4 heteroatoms. The maximum Gasteiger partial charge on any atom is 0.130 e. The predicted molar refractivity (Wildman–Crippen MR) is 87.2 cm³/mol. The van der Waals surface area contributed by atoms with Crippen molar-refractivity contribution in [2.24, 2.45) is 0 Å². The molecular weight excluding hydrogens is 260 g/mol. The van der Waals surface area contributed by atoms with Gasteiger partial charge in [0.25, 0.3) is 0 Å².